The molecule has 1 heterocycles. The molecule has 0 aliphatic heterocycles. The highest BCUT2D eigenvalue weighted by Crippen LogP contribution is 2.35. The van der Waals surface area contributed by atoms with Crippen LogP contribution in [0.1, 0.15) is 32.6 Å². The van der Waals surface area contributed by atoms with E-state index in [0.717, 1.165) is 5.76 Å². The Bertz CT molecular complexity index is 218. The van der Waals surface area contributed by atoms with Gasteiger partial charge in [0.25, 0.3) is 0 Å². The zero-order chi connectivity index (χ0) is 9.19. The molecular formula is C10H16O2. The molecule has 2 heteroatoms. The van der Waals surface area contributed by atoms with Crippen LogP contribution < -0.4 is 0 Å². The van der Waals surface area contributed by atoms with Gasteiger partial charge >= 0.3 is 0 Å². The predicted octanol–water partition coefficient (Wildman–Crippen LogP) is 3.01. The normalized spacial score (nSPS) is 14.7. The first-order chi connectivity index (χ1) is 5.55. The average molecular weight is 168 g/mol. The molecule has 1 aromatic heterocycles. The molecule has 0 saturated carbocycles. The van der Waals surface area contributed by atoms with Gasteiger partial charge in [-0.2, -0.15) is 0 Å². The molecule has 12 heavy (non-hydrogen) atoms. The van der Waals surface area contributed by atoms with Gasteiger partial charge in [0.1, 0.15) is 11.9 Å². The molecule has 1 atom stereocenters. The molecule has 0 radical (unpaired) electrons. The zero-order valence-electron chi connectivity index (χ0n) is 8.13. The highest BCUT2D eigenvalue weighted by Gasteiger charge is 2.27. The summed E-state index contributed by atoms with van der Waals surface area (Å²) >= 11 is 0. The molecule has 0 fully saturated rings. The van der Waals surface area contributed by atoms with Gasteiger partial charge in [-0.15, -0.1) is 0 Å². The third-order valence-corrected chi connectivity index (χ3v) is 1.82. The second-order valence-electron chi connectivity index (χ2n) is 4.00. The maximum absolute atomic E-state index is 5.37. The van der Waals surface area contributed by atoms with Crippen molar-refractivity contribution in [3.8, 4) is 0 Å². The molecule has 1 rings (SSSR count). The Hall–Kier alpha value is -0.760. The number of rotatable bonds is 2. The Morgan fingerprint density at radius 2 is 2.08 bits per heavy atom. The lowest BCUT2D eigenvalue weighted by atomic mass is 9.87. The number of methoxy groups -OCH3 is 1. The molecule has 0 saturated heterocycles. The summed E-state index contributed by atoms with van der Waals surface area (Å²) in [6.45, 7) is 6.39. The molecule has 0 bridgehead atoms. The fraction of sp³-hybridized carbons (Fsp3) is 0.600. The molecule has 68 valence electrons. The Kier molecular flexibility index (Phi) is 2.58. The van der Waals surface area contributed by atoms with Gasteiger partial charge in [-0.25, -0.2) is 0 Å². The van der Waals surface area contributed by atoms with E-state index >= 15 is 0 Å². The van der Waals surface area contributed by atoms with Gasteiger partial charge in [-0.3, -0.25) is 0 Å². The van der Waals surface area contributed by atoms with Crippen LogP contribution in [0.3, 0.4) is 0 Å². The van der Waals surface area contributed by atoms with Crippen LogP contribution in [0.5, 0.6) is 0 Å². The van der Waals surface area contributed by atoms with E-state index in [1.807, 2.05) is 12.1 Å². The first kappa shape index (κ1) is 9.33. The van der Waals surface area contributed by atoms with Crippen molar-refractivity contribution < 1.29 is 9.15 Å². The van der Waals surface area contributed by atoms with Crippen LogP contribution in [0.15, 0.2) is 22.8 Å². The summed E-state index contributed by atoms with van der Waals surface area (Å²) in [6, 6.07) is 3.83. The summed E-state index contributed by atoms with van der Waals surface area (Å²) in [5, 5.41) is 0. The van der Waals surface area contributed by atoms with E-state index < -0.39 is 0 Å². The lowest BCUT2D eigenvalue weighted by Gasteiger charge is -2.27. The second-order valence-corrected chi connectivity index (χ2v) is 4.00. The largest absolute Gasteiger partial charge is 0.467 e. The predicted molar refractivity (Wildman–Crippen MR) is 47.9 cm³/mol. The maximum atomic E-state index is 5.37. The Balaban J connectivity index is 2.84. The van der Waals surface area contributed by atoms with Gasteiger partial charge in [0.15, 0.2) is 0 Å². The minimum Gasteiger partial charge on any atom is -0.467 e. The number of hydrogen-bond acceptors (Lipinski definition) is 2. The quantitative estimate of drug-likeness (QED) is 0.677. The smallest absolute Gasteiger partial charge is 0.133 e. The van der Waals surface area contributed by atoms with Crippen molar-refractivity contribution in [2.75, 3.05) is 7.11 Å². The highest BCUT2D eigenvalue weighted by atomic mass is 16.5. The first-order valence-electron chi connectivity index (χ1n) is 4.12. The van der Waals surface area contributed by atoms with Crippen molar-refractivity contribution in [3.63, 3.8) is 0 Å². The Morgan fingerprint density at radius 3 is 2.42 bits per heavy atom. The summed E-state index contributed by atoms with van der Waals surface area (Å²) < 4.78 is 10.7. The summed E-state index contributed by atoms with van der Waals surface area (Å²) in [5.74, 6) is 0.894. The van der Waals surface area contributed by atoms with Crippen molar-refractivity contribution in [1.82, 2.24) is 0 Å². The van der Waals surface area contributed by atoms with Gasteiger partial charge in [0.05, 0.1) is 6.26 Å². The van der Waals surface area contributed by atoms with Crippen molar-refractivity contribution in [3.05, 3.63) is 24.2 Å². The second kappa shape index (κ2) is 3.31. The molecule has 1 aromatic rings. The molecule has 0 spiro atoms. The number of ether oxygens (including phenoxy) is 1. The minimum atomic E-state index is 0.0347. The average Bonchev–Trinajstić information content (AvgIpc) is 2.38. The molecule has 0 N–H and O–H groups in total. The Morgan fingerprint density at radius 1 is 1.42 bits per heavy atom. The van der Waals surface area contributed by atoms with Crippen LogP contribution in [0, 0.1) is 5.41 Å². The summed E-state index contributed by atoms with van der Waals surface area (Å²) in [7, 11) is 1.71. The third-order valence-electron chi connectivity index (χ3n) is 1.82. The van der Waals surface area contributed by atoms with Gasteiger partial charge in [0, 0.05) is 7.11 Å². The summed E-state index contributed by atoms with van der Waals surface area (Å²) in [6.07, 6.45) is 1.71. The van der Waals surface area contributed by atoms with Crippen molar-refractivity contribution in [2.24, 2.45) is 5.41 Å². The van der Waals surface area contributed by atoms with Crippen LogP contribution in [0.4, 0.5) is 0 Å². The van der Waals surface area contributed by atoms with Crippen LogP contribution >= 0.6 is 0 Å². The Labute approximate surface area is 73.5 Å². The van der Waals surface area contributed by atoms with Crippen molar-refractivity contribution in [2.45, 2.75) is 26.9 Å². The van der Waals surface area contributed by atoms with Crippen LogP contribution in [0.25, 0.3) is 0 Å². The van der Waals surface area contributed by atoms with Crippen molar-refractivity contribution >= 4 is 0 Å². The molecule has 0 amide bonds. The lowest BCUT2D eigenvalue weighted by Crippen LogP contribution is -2.19. The van der Waals surface area contributed by atoms with E-state index in [1.165, 1.54) is 0 Å². The van der Waals surface area contributed by atoms with E-state index in [9.17, 15) is 0 Å². The van der Waals surface area contributed by atoms with E-state index in [4.69, 9.17) is 9.15 Å². The van der Waals surface area contributed by atoms with Gasteiger partial charge < -0.3 is 9.15 Å². The van der Waals surface area contributed by atoms with E-state index in [0.29, 0.717) is 0 Å². The number of furan rings is 1. The van der Waals surface area contributed by atoms with Crippen molar-refractivity contribution in [1.29, 1.82) is 0 Å². The molecule has 0 aromatic carbocycles. The topological polar surface area (TPSA) is 22.4 Å². The van der Waals surface area contributed by atoms with E-state index in [-0.39, 0.29) is 11.5 Å². The van der Waals surface area contributed by atoms with Crippen LogP contribution in [-0.2, 0) is 4.74 Å². The summed E-state index contributed by atoms with van der Waals surface area (Å²) in [4.78, 5) is 0. The minimum absolute atomic E-state index is 0.0347. The molecule has 2 nitrogen and oxygen atoms in total. The summed E-state index contributed by atoms with van der Waals surface area (Å²) in [5.41, 5.74) is 0.0760. The van der Waals surface area contributed by atoms with Gasteiger partial charge in [0.2, 0.25) is 0 Å². The monoisotopic (exact) mass is 168 g/mol. The first-order valence-corrected chi connectivity index (χ1v) is 4.12. The van der Waals surface area contributed by atoms with Gasteiger partial charge in [-0.1, -0.05) is 20.8 Å². The van der Waals surface area contributed by atoms with Crippen LogP contribution in [-0.4, -0.2) is 7.11 Å². The fourth-order valence-electron chi connectivity index (χ4n) is 1.34. The third kappa shape index (κ3) is 1.89. The van der Waals surface area contributed by atoms with E-state index in [2.05, 4.69) is 20.8 Å². The fourth-order valence-corrected chi connectivity index (χ4v) is 1.34. The molecule has 0 aliphatic rings. The lowest BCUT2D eigenvalue weighted by molar-refractivity contribution is -0.000242. The molecular weight excluding hydrogens is 152 g/mol. The van der Waals surface area contributed by atoms with E-state index in [1.54, 1.807) is 13.4 Å². The molecule has 1 unspecified atom stereocenters. The maximum Gasteiger partial charge on any atom is 0.133 e. The number of hydrogen-bond donors (Lipinski definition) is 0. The molecule has 0 aliphatic carbocycles. The standard InChI is InChI=1S/C10H16O2/c1-10(2,3)9(11-4)8-6-5-7-12-8/h5-7,9H,1-4H3. The zero-order valence-corrected chi connectivity index (χ0v) is 8.13. The van der Waals surface area contributed by atoms with Crippen LogP contribution in [0.2, 0.25) is 0 Å². The SMILES string of the molecule is COC(c1ccco1)C(C)(C)C. The highest BCUT2D eigenvalue weighted by molar-refractivity contribution is 5.05. The van der Waals surface area contributed by atoms with Gasteiger partial charge in [-0.05, 0) is 17.5 Å².